The highest BCUT2D eigenvalue weighted by atomic mass is 35.5. The van der Waals surface area contributed by atoms with Crippen LogP contribution in [0.25, 0.3) is 0 Å². The van der Waals surface area contributed by atoms with Crippen molar-refractivity contribution in [1.29, 1.82) is 0 Å². The highest BCUT2D eigenvalue weighted by Crippen LogP contribution is 2.25. The molecule has 2 atom stereocenters. The van der Waals surface area contributed by atoms with Gasteiger partial charge in [0.2, 0.25) is 10.0 Å². The molecule has 1 aliphatic rings. The van der Waals surface area contributed by atoms with Gasteiger partial charge in [0.1, 0.15) is 6.10 Å². The van der Waals surface area contributed by atoms with Crippen LogP contribution in [0.3, 0.4) is 0 Å². The van der Waals surface area contributed by atoms with E-state index >= 15 is 0 Å². The Labute approximate surface area is 164 Å². The fourth-order valence-electron chi connectivity index (χ4n) is 3.19. The van der Waals surface area contributed by atoms with Crippen molar-refractivity contribution in [2.24, 2.45) is 0 Å². The van der Waals surface area contributed by atoms with Crippen molar-refractivity contribution in [1.82, 2.24) is 4.72 Å². The van der Waals surface area contributed by atoms with Crippen LogP contribution < -0.4 is 4.72 Å². The first-order valence-corrected chi connectivity index (χ1v) is 10.8. The highest BCUT2D eigenvalue weighted by molar-refractivity contribution is 7.89. The minimum absolute atomic E-state index is 0.204. The number of esters is 1. The van der Waals surface area contributed by atoms with Crippen LogP contribution in [-0.2, 0) is 14.8 Å². The molecule has 3 rings (SSSR count). The average molecular weight is 408 g/mol. The molecule has 2 aromatic rings. The van der Waals surface area contributed by atoms with Gasteiger partial charge in [-0.15, -0.1) is 0 Å². The lowest BCUT2D eigenvalue weighted by Gasteiger charge is -2.31. The van der Waals surface area contributed by atoms with E-state index in [9.17, 15) is 13.2 Å². The van der Waals surface area contributed by atoms with Crippen molar-refractivity contribution in [2.45, 2.75) is 49.6 Å². The standard InChI is InChI=1S/C20H22ClNO4S/c1-14-10-12-15(13-11-14)27(24,25)22-18-8-4-5-9-19(18)26-20(23)16-6-2-3-7-17(16)21/h2-3,6-7,10-13,18-19,22H,4-5,8-9H2,1H3/t18-,19-/m0/s1. The predicted octanol–water partition coefficient (Wildman–Crippen LogP) is 4.09. The molecule has 1 saturated carbocycles. The molecule has 0 amide bonds. The number of ether oxygens (including phenoxy) is 1. The summed E-state index contributed by atoms with van der Waals surface area (Å²) in [7, 11) is -3.69. The molecule has 0 aliphatic heterocycles. The smallest absolute Gasteiger partial charge is 0.339 e. The zero-order chi connectivity index (χ0) is 19.4. The van der Waals surface area contributed by atoms with E-state index in [1.807, 2.05) is 6.92 Å². The molecular weight excluding hydrogens is 386 g/mol. The molecule has 0 heterocycles. The number of aryl methyl sites for hydroxylation is 1. The molecule has 0 saturated heterocycles. The zero-order valence-electron chi connectivity index (χ0n) is 15.0. The van der Waals surface area contributed by atoms with E-state index in [4.69, 9.17) is 16.3 Å². The molecule has 0 spiro atoms. The molecule has 1 fully saturated rings. The van der Waals surface area contributed by atoms with Crippen LogP contribution in [-0.4, -0.2) is 26.5 Å². The molecule has 0 aromatic heterocycles. The maximum absolute atomic E-state index is 12.7. The van der Waals surface area contributed by atoms with Gasteiger partial charge in [0.05, 0.1) is 21.5 Å². The number of benzene rings is 2. The predicted molar refractivity (Wildman–Crippen MR) is 104 cm³/mol. The van der Waals surface area contributed by atoms with Gasteiger partial charge in [0.25, 0.3) is 0 Å². The maximum atomic E-state index is 12.7. The quantitative estimate of drug-likeness (QED) is 0.757. The summed E-state index contributed by atoms with van der Waals surface area (Å²) in [5.41, 5.74) is 1.27. The molecule has 27 heavy (non-hydrogen) atoms. The normalized spacial score (nSPS) is 20.2. The first-order valence-electron chi connectivity index (χ1n) is 8.91. The topological polar surface area (TPSA) is 72.5 Å². The summed E-state index contributed by atoms with van der Waals surface area (Å²) in [5.74, 6) is -0.535. The lowest BCUT2D eigenvalue weighted by atomic mass is 9.93. The van der Waals surface area contributed by atoms with Crippen molar-refractivity contribution >= 4 is 27.6 Å². The molecule has 144 valence electrons. The number of rotatable bonds is 5. The summed E-state index contributed by atoms with van der Waals surface area (Å²) in [6, 6.07) is 12.9. The second-order valence-electron chi connectivity index (χ2n) is 6.75. The van der Waals surface area contributed by atoms with Crippen molar-refractivity contribution in [2.75, 3.05) is 0 Å². The Hall–Kier alpha value is -1.89. The Bertz CT molecular complexity index is 912. The zero-order valence-corrected chi connectivity index (χ0v) is 16.6. The first-order chi connectivity index (χ1) is 12.9. The van der Waals surface area contributed by atoms with Crippen molar-refractivity contribution in [3.05, 3.63) is 64.7 Å². The van der Waals surface area contributed by atoms with E-state index in [2.05, 4.69) is 4.72 Å². The van der Waals surface area contributed by atoms with E-state index in [1.165, 1.54) is 0 Å². The van der Waals surface area contributed by atoms with Gasteiger partial charge in [-0.2, -0.15) is 0 Å². The van der Waals surface area contributed by atoms with Gasteiger partial charge in [0.15, 0.2) is 0 Å². The van der Waals surface area contributed by atoms with Crippen LogP contribution >= 0.6 is 11.6 Å². The van der Waals surface area contributed by atoms with E-state index < -0.39 is 28.1 Å². The molecule has 2 aromatic carbocycles. The number of halogens is 1. The first kappa shape index (κ1) is 19.9. The highest BCUT2D eigenvalue weighted by Gasteiger charge is 2.32. The molecule has 5 nitrogen and oxygen atoms in total. The summed E-state index contributed by atoms with van der Waals surface area (Å²) in [6.07, 6.45) is 2.45. The van der Waals surface area contributed by atoms with Gasteiger partial charge in [-0.3, -0.25) is 0 Å². The monoisotopic (exact) mass is 407 g/mol. The number of hydrogen-bond acceptors (Lipinski definition) is 4. The van der Waals surface area contributed by atoms with E-state index in [0.29, 0.717) is 17.9 Å². The van der Waals surface area contributed by atoms with Crippen LogP contribution in [0.2, 0.25) is 5.02 Å². The number of carbonyl (C=O) groups excluding carboxylic acids is 1. The largest absolute Gasteiger partial charge is 0.457 e. The van der Waals surface area contributed by atoms with E-state index in [-0.39, 0.29) is 10.5 Å². The van der Waals surface area contributed by atoms with Crippen LogP contribution in [0.4, 0.5) is 0 Å². The summed E-state index contributed by atoms with van der Waals surface area (Å²) >= 11 is 6.06. The fourth-order valence-corrected chi connectivity index (χ4v) is 4.70. The minimum atomic E-state index is -3.69. The maximum Gasteiger partial charge on any atom is 0.339 e. The average Bonchev–Trinajstić information content (AvgIpc) is 2.64. The number of nitrogens with one attached hydrogen (secondary N) is 1. The molecule has 1 N–H and O–H groups in total. The van der Waals surface area contributed by atoms with Crippen LogP contribution in [0, 0.1) is 6.92 Å². The van der Waals surface area contributed by atoms with Crippen LogP contribution in [0.5, 0.6) is 0 Å². The summed E-state index contributed by atoms with van der Waals surface area (Å²) in [4.78, 5) is 12.7. The molecule has 1 aliphatic carbocycles. The third-order valence-electron chi connectivity index (χ3n) is 4.69. The third kappa shape index (κ3) is 4.89. The van der Waals surface area contributed by atoms with Gasteiger partial charge in [-0.05, 0) is 50.5 Å². The molecule has 0 unspecified atom stereocenters. The van der Waals surface area contributed by atoms with Gasteiger partial charge < -0.3 is 4.74 Å². The lowest BCUT2D eigenvalue weighted by molar-refractivity contribution is 0.0131. The third-order valence-corrected chi connectivity index (χ3v) is 6.53. The second-order valence-corrected chi connectivity index (χ2v) is 8.87. The molecule has 0 radical (unpaired) electrons. The van der Waals surface area contributed by atoms with Crippen molar-refractivity contribution < 1.29 is 17.9 Å². The number of hydrogen-bond donors (Lipinski definition) is 1. The minimum Gasteiger partial charge on any atom is -0.457 e. The Balaban J connectivity index is 1.74. The number of carbonyl (C=O) groups is 1. The van der Waals surface area contributed by atoms with Gasteiger partial charge in [-0.1, -0.05) is 47.9 Å². The van der Waals surface area contributed by atoms with Crippen LogP contribution in [0.15, 0.2) is 53.4 Å². The SMILES string of the molecule is Cc1ccc(S(=O)(=O)N[C@H]2CCCC[C@@H]2OC(=O)c2ccccc2Cl)cc1. The Morgan fingerprint density at radius 3 is 2.44 bits per heavy atom. The van der Waals surface area contributed by atoms with Gasteiger partial charge in [-0.25, -0.2) is 17.9 Å². The van der Waals surface area contributed by atoms with Gasteiger partial charge in [0, 0.05) is 0 Å². The van der Waals surface area contributed by atoms with E-state index in [0.717, 1.165) is 18.4 Å². The lowest BCUT2D eigenvalue weighted by Crippen LogP contribution is -2.47. The fraction of sp³-hybridized carbons (Fsp3) is 0.350. The van der Waals surface area contributed by atoms with Crippen LogP contribution in [0.1, 0.15) is 41.6 Å². The van der Waals surface area contributed by atoms with E-state index in [1.54, 1.807) is 48.5 Å². The van der Waals surface area contributed by atoms with Gasteiger partial charge >= 0.3 is 5.97 Å². The molecule has 7 heteroatoms. The summed E-state index contributed by atoms with van der Waals surface area (Å²) in [6.45, 7) is 1.90. The molecular formula is C20H22ClNO4S. The van der Waals surface area contributed by atoms with Crippen molar-refractivity contribution in [3.8, 4) is 0 Å². The summed E-state index contributed by atoms with van der Waals surface area (Å²) in [5, 5.41) is 0.315. The Morgan fingerprint density at radius 2 is 1.74 bits per heavy atom. The van der Waals surface area contributed by atoms with Crippen molar-refractivity contribution in [3.63, 3.8) is 0 Å². The summed E-state index contributed by atoms with van der Waals surface area (Å²) < 4.78 is 33.7. The molecule has 0 bridgehead atoms. The Morgan fingerprint density at radius 1 is 1.07 bits per heavy atom. The second kappa shape index (κ2) is 8.42. The number of sulfonamides is 1. The Kier molecular flexibility index (Phi) is 6.19.